The van der Waals surface area contributed by atoms with Gasteiger partial charge in [0.2, 0.25) is 0 Å². The fourth-order valence-corrected chi connectivity index (χ4v) is 4.02. The summed E-state index contributed by atoms with van der Waals surface area (Å²) in [6, 6.07) is 26.3. The van der Waals surface area contributed by atoms with Crippen molar-refractivity contribution < 1.29 is 4.79 Å². The Hall–Kier alpha value is -3.33. The van der Waals surface area contributed by atoms with Crippen molar-refractivity contribution in [2.24, 2.45) is 0 Å². The molecule has 0 aromatic heterocycles. The average Bonchev–Trinajstić information content (AvgIpc) is 2.80. The van der Waals surface area contributed by atoms with Crippen molar-refractivity contribution in [2.45, 2.75) is 19.9 Å². The molecule has 0 bridgehead atoms. The molecule has 1 atom stereocenters. The number of rotatable bonds is 5. The molecule has 1 heterocycles. The molecule has 0 saturated carbocycles. The number of carbonyl (C=O) groups is 1. The highest BCUT2D eigenvalue weighted by Gasteiger charge is 2.30. The number of amides is 1. The summed E-state index contributed by atoms with van der Waals surface area (Å²) in [6.07, 6.45) is 3.94. The van der Waals surface area contributed by atoms with Crippen LogP contribution in [0.2, 0.25) is 0 Å². The smallest absolute Gasteiger partial charge is 0.258 e. The zero-order valence-corrected chi connectivity index (χ0v) is 17.0. The maximum Gasteiger partial charge on any atom is 0.258 e. The first kappa shape index (κ1) is 19.0. The Morgan fingerprint density at radius 2 is 1.52 bits per heavy atom. The van der Waals surface area contributed by atoms with Crippen LogP contribution in [0.5, 0.6) is 0 Å². The topological polar surface area (TPSA) is 23.6 Å². The van der Waals surface area contributed by atoms with Crippen LogP contribution in [0.15, 0.2) is 85.1 Å². The molecule has 1 unspecified atom stereocenters. The summed E-state index contributed by atoms with van der Waals surface area (Å²) in [5.74, 6) is 0.00849. The largest absolute Gasteiger partial charge is 0.372 e. The monoisotopic (exact) mass is 382 g/mol. The fraction of sp³-hybridized carbons (Fsp3) is 0.192. The van der Waals surface area contributed by atoms with Crippen LogP contribution < -0.4 is 4.90 Å². The average molecular weight is 383 g/mol. The highest BCUT2D eigenvalue weighted by atomic mass is 16.2. The molecule has 0 radical (unpaired) electrons. The van der Waals surface area contributed by atoms with Gasteiger partial charge in [-0.25, -0.2) is 0 Å². The zero-order valence-electron chi connectivity index (χ0n) is 17.0. The number of fused-ring (bicyclic) bond motifs is 1. The van der Waals surface area contributed by atoms with E-state index in [1.165, 1.54) is 5.69 Å². The van der Waals surface area contributed by atoms with E-state index in [-0.39, 0.29) is 11.9 Å². The number of hydrogen-bond donors (Lipinski definition) is 0. The van der Waals surface area contributed by atoms with Crippen LogP contribution in [0, 0.1) is 0 Å². The first-order chi connectivity index (χ1) is 14.2. The van der Waals surface area contributed by atoms with Crippen molar-refractivity contribution in [3.8, 4) is 0 Å². The van der Waals surface area contributed by atoms with Gasteiger partial charge >= 0.3 is 0 Å². The van der Waals surface area contributed by atoms with Crippen molar-refractivity contribution in [2.75, 3.05) is 18.0 Å². The number of nitrogens with zero attached hydrogens (tertiary/aromatic N) is 2. The second-order valence-corrected chi connectivity index (χ2v) is 7.19. The van der Waals surface area contributed by atoms with E-state index in [1.807, 2.05) is 59.6 Å². The summed E-state index contributed by atoms with van der Waals surface area (Å²) in [6.45, 7) is 6.28. The molecule has 3 nitrogen and oxygen atoms in total. The molecular weight excluding hydrogens is 356 g/mol. The molecule has 3 heteroatoms. The Balaban J connectivity index is 1.76. The summed E-state index contributed by atoms with van der Waals surface area (Å²) in [5, 5.41) is 0. The number of carbonyl (C=O) groups excluding carboxylic acids is 1. The molecule has 1 aliphatic heterocycles. The summed E-state index contributed by atoms with van der Waals surface area (Å²) in [5.41, 5.74) is 5.32. The third-order valence-electron chi connectivity index (χ3n) is 5.58. The van der Waals surface area contributed by atoms with E-state index >= 15 is 0 Å². The predicted molar refractivity (Wildman–Crippen MR) is 120 cm³/mol. The van der Waals surface area contributed by atoms with E-state index in [0.717, 1.165) is 29.8 Å². The molecule has 4 rings (SSSR count). The molecule has 146 valence electrons. The zero-order chi connectivity index (χ0) is 20.2. The van der Waals surface area contributed by atoms with Gasteiger partial charge in [-0.15, -0.1) is 0 Å². The third kappa shape index (κ3) is 3.68. The SMILES string of the molecule is CCN(CC)c1ccc(C2c3ccccc3C=CN2C(=O)c2ccccc2)cc1. The van der Waals surface area contributed by atoms with Crippen LogP contribution in [0.3, 0.4) is 0 Å². The van der Waals surface area contributed by atoms with Gasteiger partial charge in [0, 0.05) is 30.5 Å². The highest BCUT2D eigenvalue weighted by Crippen LogP contribution is 2.37. The minimum absolute atomic E-state index is 0.00849. The minimum Gasteiger partial charge on any atom is -0.372 e. The fourth-order valence-electron chi connectivity index (χ4n) is 4.02. The Labute approximate surface area is 172 Å². The van der Waals surface area contributed by atoms with Crippen LogP contribution in [-0.2, 0) is 0 Å². The Morgan fingerprint density at radius 1 is 0.862 bits per heavy atom. The van der Waals surface area contributed by atoms with Crippen LogP contribution in [0.1, 0.15) is 46.9 Å². The summed E-state index contributed by atoms with van der Waals surface area (Å²) < 4.78 is 0. The third-order valence-corrected chi connectivity index (χ3v) is 5.58. The molecule has 0 saturated heterocycles. The summed E-state index contributed by atoms with van der Waals surface area (Å²) >= 11 is 0. The first-order valence-corrected chi connectivity index (χ1v) is 10.2. The lowest BCUT2D eigenvalue weighted by molar-refractivity contribution is 0.0787. The molecule has 1 amide bonds. The molecule has 3 aromatic carbocycles. The number of benzene rings is 3. The van der Waals surface area contributed by atoms with Gasteiger partial charge in [-0.3, -0.25) is 4.79 Å². The first-order valence-electron chi connectivity index (χ1n) is 10.2. The van der Waals surface area contributed by atoms with Crippen molar-refractivity contribution in [1.29, 1.82) is 0 Å². The van der Waals surface area contributed by atoms with Crippen LogP contribution in [0.4, 0.5) is 5.69 Å². The van der Waals surface area contributed by atoms with E-state index < -0.39 is 0 Å². The second-order valence-electron chi connectivity index (χ2n) is 7.19. The van der Waals surface area contributed by atoms with Crippen molar-refractivity contribution in [1.82, 2.24) is 4.90 Å². The molecule has 0 N–H and O–H groups in total. The van der Waals surface area contributed by atoms with Crippen LogP contribution in [-0.4, -0.2) is 23.9 Å². The summed E-state index contributed by atoms with van der Waals surface area (Å²) in [4.78, 5) is 17.5. The van der Waals surface area contributed by atoms with Gasteiger partial charge in [0.15, 0.2) is 0 Å². The Bertz CT molecular complexity index is 1000. The lowest BCUT2D eigenvalue weighted by Crippen LogP contribution is -2.33. The Morgan fingerprint density at radius 3 is 2.21 bits per heavy atom. The maximum absolute atomic E-state index is 13.3. The van der Waals surface area contributed by atoms with Crippen molar-refractivity contribution >= 4 is 17.7 Å². The normalized spacial score (nSPS) is 15.1. The van der Waals surface area contributed by atoms with E-state index in [9.17, 15) is 4.79 Å². The highest BCUT2D eigenvalue weighted by molar-refractivity contribution is 5.96. The van der Waals surface area contributed by atoms with Crippen molar-refractivity contribution in [3.05, 3.63) is 107 Å². The van der Waals surface area contributed by atoms with Gasteiger partial charge in [0.05, 0.1) is 6.04 Å². The van der Waals surface area contributed by atoms with Crippen LogP contribution >= 0.6 is 0 Å². The molecule has 0 aliphatic carbocycles. The van der Waals surface area contributed by atoms with E-state index in [1.54, 1.807) is 0 Å². The van der Waals surface area contributed by atoms with E-state index in [0.29, 0.717) is 5.56 Å². The Kier molecular flexibility index (Phi) is 5.48. The standard InChI is InChI=1S/C26H26N2O/c1-3-27(4-2)23-16-14-21(15-17-23)25-24-13-9-8-10-20(24)18-19-28(25)26(29)22-11-6-5-7-12-22/h5-19,25H,3-4H2,1-2H3. The molecule has 0 spiro atoms. The molecule has 0 fully saturated rings. The van der Waals surface area contributed by atoms with Crippen molar-refractivity contribution in [3.63, 3.8) is 0 Å². The lowest BCUT2D eigenvalue weighted by Gasteiger charge is -2.34. The van der Waals surface area contributed by atoms with Gasteiger partial charge in [-0.05, 0) is 60.9 Å². The summed E-state index contributed by atoms with van der Waals surface area (Å²) in [7, 11) is 0. The number of anilines is 1. The molecular formula is C26H26N2O. The number of hydrogen-bond acceptors (Lipinski definition) is 2. The van der Waals surface area contributed by atoms with Gasteiger partial charge in [0.1, 0.15) is 0 Å². The quantitative estimate of drug-likeness (QED) is 0.561. The van der Waals surface area contributed by atoms with E-state index in [2.05, 4.69) is 55.1 Å². The van der Waals surface area contributed by atoms with Gasteiger partial charge in [-0.2, -0.15) is 0 Å². The molecule has 1 aliphatic rings. The van der Waals surface area contributed by atoms with Gasteiger partial charge < -0.3 is 9.80 Å². The molecule has 29 heavy (non-hydrogen) atoms. The lowest BCUT2D eigenvalue weighted by atomic mass is 9.90. The van der Waals surface area contributed by atoms with Crippen LogP contribution in [0.25, 0.3) is 6.08 Å². The minimum atomic E-state index is -0.144. The second kappa shape index (κ2) is 8.36. The predicted octanol–water partition coefficient (Wildman–Crippen LogP) is 5.75. The van der Waals surface area contributed by atoms with E-state index in [4.69, 9.17) is 0 Å². The van der Waals surface area contributed by atoms with Gasteiger partial charge in [0.25, 0.3) is 5.91 Å². The maximum atomic E-state index is 13.3. The molecule has 3 aromatic rings. The van der Waals surface area contributed by atoms with Gasteiger partial charge in [-0.1, -0.05) is 54.6 Å².